The Morgan fingerprint density at radius 3 is 1.91 bits per heavy atom. The van der Waals surface area contributed by atoms with Crippen LogP contribution in [0.3, 0.4) is 0 Å². The lowest BCUT2D eigenvalue weighted by atomic mass is 10.6. The zero-order chi connectivity index (χ0) is 8.19. The van der Waals surface area contributed by atoms with E-state index in [9.17, 15) is 12.6 Å². The van der Waals surface area contributed by atoms with Crippen LogP contribution in [-0.4, -0.2) is 12.6 Å². The third-order valence-electron chi connectivity index (χ3n) is 1.19. The molecule has 62 valence electrons. The Hall–Kier alpha value is -0.500. The predicted molar refractivity (Wildman–Crippen MR) is 37.5 cm³/mol. The summed E-state index contributed by atoms with van der Waals surface area (Å²) in [4.78, 5) is 0. The lowest BCUT2D eigenvalue weighted by molar-refractivity contribution is 0.310. The zero-order valence-corrected chi connectivity index (χ0v) is 6.80. The molecule has 0 saturated carbocycles. The average Bonchev–Trinajstić information content (AvgIpc) is 2.07. The summed E-state index contributed by atoms with van der Waals surface area (Å²) in [5.74, 6) is 0. The molecule has 0 amide bonds. The Kier molecular flexibility index (Phi) is 0.967. The van der Waals surface area contributed by atoms with E-state index in [4.69, 9.17) is 0 Å². The molecule has 1 fully saturated rings. The standard InChI is InChI=1S/C4H4O5S2/c5-10(6)8-11(7,9-10)3-1-2-4-11/h1-4H. The van der Waals surface area contributed by atoms with Crippen LogP contribution in [0.2, 0.25) is 0 Å². The molecule has 0 aromatic heterocycles. The van der Waals surface area contributed by atoms with Crippen LogP contribution in [0.4, 0.5) is 0 Å². The van der Waals surface area contributed by atoms with Crippen LogP contribution in [0.5, 0.6) is 0 Å². The van der Waals surface area contributed by atoms with Gasteiger partial charge in [0.2, 0.25) is 0 Å². The maximum absolute atomic E-state index is 11.5. The van der Waals surface area contributed by atoms with E-state index in [1.54, 1.807) is 0 Å². The van der Waals surface area contributed by atoms with Gasteiger partial charge in [-0.25, -0.2) is 4.21 Å². The van der Waals surface area contributed by atoms with E-state index >= 15 is 0 Å². The molecule has 1 spiro atoms. The first kappa shape index (κ1) is 7.17. The second-order valence-electron chi connectivity index (χ2n) is 2.12. The fourth-order valence-corrected chi connectivity index (χ4v) is 5.08. The smallest absolute Gasteiger partial charge is 0.220 e. The van der Waals surface area contributed by atoms with E-state index in [1.807, 2.05) is 0 Å². The highest BCUT2D eigenvalue weighted by Crippen LogP contribution is 2.47. The van der Waals surface area contributed by atoms with Crippen molar-refractivity contribution >= 4 is 20.0 Å². The van der Waals surface area contributed by atoms with Gasteiger partial charge in [0.15, 0.2) is 9.63 Å². The molecule has 2 aliphatic heterocycles. The molecule has 0 bridgehead atoms. The molecule has 0 aliphatic carbocycles. The van der Waals surface area contributed by atoms with Crippen molar-refractivity contribution in [2.75, 3.05) is 0 Å². The van der Waals surface area contributed by atoms with Gasteiger partial charge in [0.25, 0.3) is 0 Å². The molecule has 11 heavy (non-hydrogen) atoms. The van der Waals surface area contributed by atoms with Crippen LogP contribution in [0.15, 0.2) is 23.0 Å². The highest BCUT2D eigenvalue weighted by atomic mass is 32.4. The van der Waals surface area contributed by atoms with Crippen LogP contribution >= 0.6 is 0 Å². The Balaban J connectivity index is 2.53. The molecule has 2 heterocycles. The largest absolute Gasteiger partial charge is 0.427 e. The van der Waals surface area contributed by atoms with E-state index < -0.39 is 20.0 Å². The minimum atomic E-state index is -4.00. The maximum Gasteiger partial charge on any atom is 0.427 e. The number of hydrogen-bond donors (Lipinski definition) is 0. The number of rotatable bonds is 0. The van der Waals surface area contributed by atoms with Gasteiger partial charge in [0.05, 0.1) is 0 Å². The Labute approximate surface area is 63.4 Å². The molecule has 1 saturated heterocycles. The van der Waals surface area contributed by atoms with E-state index in [-0.39, 0.29) is 0 Å². The highest BCUT2D eigenvalue weighted by molar-refractivity contribution is 8.29. The third kappa shape index (κ3) is 0.890. The predicted octanol–water partition coefficient (Wildman–Crippen LogP) is -0.0309. The topological polar surface area (TPSA) is 69.7 Å². The molecule has 2 aliphatic rings. The Bertz CT molecular complexity index is 391. The van der Waals surface area contributed by atoms with E-state index in [0.29, 0.717) is 0 Å². The first-order valence-electron chi connectivity index (χ1n) is 2.64. The molecular formula is C4H4O5S2. The fraction of sp³-hybridized carbons (Fsp3) is 0. The van der Waals surface area contributed by atoms with E-state index in [2.05, 4.69) is 7.26 Å². The van der Waals surface area contributed by atoms with E-state index in [0.717, 1.165) is 10.8 Å². The summed E-state index contributed by atoms with van der Waals surface area (Å²) in [6, 6.07) is 0. The van der Waals surface area contributed by atoms with Gasteiger partial charge in [-0.05, 0) is 12.2 Å². The summed E-state index contributed by atoms with van der Waals surface area (Å²) in [7, 11) is -7.93. The molecule has 0 radical (unpaired) electrons. The van der Waals surface area contributed by atoms with Gasteiger partial charge >= 0.3 is 10.4 Å². The minimum absolute atomic E-state index is 1.10. The highest BCUT2D eigenvalue weighted by Gasteiger charge is 2.55. The van der Waals surface area contributed by atoms with Crippen molar-refractivity contribution < 1.29 is 19.9 Å². The van der Waals surface area contributed by atoms with Gasteiger partial charge in [-0.1, -0.05) is 0 Å². The van der Waals surface area contributed by atoms with Crippen molar-refractivity contribution in [3.63, 3.8) is 0 Å². The SMILES string of the molecule is O=S1(=O)OS2(=O)(C=CC=C2)O1. The second-order valence-corrected chi connectivity index (χ2v) is 6.40. The van der Waals surface area contributed by atoms with Gasteiger partial charge < -0.3 is 0 Å². The van der Waals surface area contributed by atoms with E-state index in [1.165, 1.54) is 12.2 Å². The second kappa shape index (κ2) is 1.48. The van der Waals surface area contributed by atoms with Gasteiger partial charge in [0, 0.05) is 10.8 Å². The van der Waals surface area contributed by atoms with Crippen molar-refractivity contribution in [2.24, 2.45) is 0 Å². The summed E-state index contributed by atoms with van der Waals surface area (Å²) < 4.78 is 40.6. The average molecular weight is 196 g/mol. The van der Waals surface area contributed by atoms with Crippen LogP contribution < -0.4 is 0 Å². The van der Waals surface area contributed by atoms with Crippen LogP contribution in [0.25, 0.3) is 0 Å². The lowest BCUT2D eigenvalue weighted by Gasteiger charge is -2.38. The molecule has 7 heteroatoms. The molecule has 5 nitrogen and oxygen atoms in total. The van der Waals surface area contributed by atoms with Crippen LogP contribution in [0.1, 0.15) is 0 Å². The van der Waals surface area contributed by atoms with Gasteiger partial charge in [-0.2, -0.15) is 8.42 Å². The Morgan fingerprint density at radius 1 is 1.09 bits per heavy atom. The summed E-state index contributed by atoms with van der Waals surface area (Å²) in [5, 5.41) is 2.19. The molecule has 0 atom stereocenters. The normalized spacial score (nSPS) is 37.6. The van der Waals surface area contributed by atoms with Crippen molar-refractivity contribution in [3.8, 4) is 0 Å². The summed E-state index contributed by atoms with van der Waals surface area (Å²) in [6.07, 6.45) is 2.81. The minimum Gasteiger partial charge on any atom is -0.220 e. The number of allylic oxidation sites excluding steroid dienone is 2. The van der Waals surface area contributed by atoms with Crippen LogP contribution in [0, 0.1) is 0 Å². The quantitative estimate of drug-likeness (QED) is 0.544. The molecule has 0 aromatic carbocycles. The zero-order valence-electron chi connectivity index (χ0n) is 5.17. The monoisotopic (exact) mass is 196 g/mol. The Morgan fingerprint density at radius 2 is 1.55 bits per heavy atom. The van der Waals surface area contributed by atoms with Crippen LogP contribution in [-0.2, 0) is 27.3 Å². The molecular weight excluding hydrogens is 192 g/mol. The van der Waals surface area contributed by atoms with Crippen molar-refractivity contribution in [2.45, 2.75) is 0 Å². The first-order valence-corrected chi connectivity index (χ1v) is 5.91. The first-order chi connectivity index (χ1) is 4.92. The summed E-state index contributed by atoms with van der Waals surface area (Å²) in [5.41, 5.74) is 0. The number of hydrogen-bond acceptors (Lipinski definition) is 5. The molecule has 0 N–H and O–H groups in total. The molecule has 0 unspecified atom stereocenters. The fourth-order valence-electron chi connectivity index (χ4n) is 0.844. The van der Waals surface area contributed by atoms with Crippen molar-refractivity contribution in [1.29, 1.82) is 0 Å². The summed E-state index contributed by atoms with van der Waals surface area (Å²) >= 11 is 0. The maximum atomic E-state index is 11.5. The van der Waals surface area contributed by atoms with Gasteiger partial charge in [-0.3, -0.25) is 0 Å². The molecule has 0 aromatic rings. The lowest BCUT2D eigenvalue weighted by Crippen LogP contribution is -2.47. The molecule has 2 rings (SSSR count). The van der Waals surface area contributed by atoms with Crippen molar-refractivity contribution in [1.82, 2.24) is 0 Å². The summed E-state index contributed by atoms with van der Waals surface area (Å²) in [6.45, 7) is 0. The third-order valence-corrected chi connectivity index (χ3v) is 5.97. The van der Waals surface area contributed by atoms with Gasteiger partial charge in [0.1, 0.15) is 0 Å². The van der Waals surface area contributed by atoms with Crippen molar-refractivity contribution in [3.05, 3.63) is 23.0 Å². The van der Waals surface area contributed by atoms with Gasteiger partial charge in [-0.15, -0.1) is 7.26 Å².